The van der Waals surface area contributed by atoms with Gasteiger partial charge in [-0.05, 0) is 0 Å². The summed E-state index contributed by atoms with van der Waals surface area (Å²) >= 11 is 0. The number of amides is 2. The number of ether oxygens (including phenoxy) is 6. The van der Waals surface area contributed by atoms with Crippen molar-refractivity contribution in [2.75, 3.05) is 67.5 Å². The molecule has 0 saturated carbocycles. The molecule has 0 saturated heterocycles. The molecule has 322 valence electrons. The smallest absolute Gasteiger partial charge is 0.348 e. The SMILES string of the molecule is C[N+](C)(CCCC[N+](C)(C)CCCNC(=O)C(F)(F)OC(F)(F)OC(F)(F)OC(F)(F)F)CCCNC(=O)C(F)(F)OC(F)(F)OC(F)(F)OC(F)(F)F. The van der Waals surface area contributed by atoms with Crippen molar-refractivity contribution in [3.63, 3.8) is 0 Å². The molecular formula is C24H34F18N4O8+2. The fourth-order valence-electron chi connectivity index (χ4n) is 3.95. The number of hydrogen-bond acceptors (Lipinski definition) is 8. The van der Waals surface area contributed by atoms with Gasteiger partial charge in [-0.25, -0.2) is 18.9 Å². The molecule has 0 aliphatic carbocycles. The number of carbonyl (C=O) groups excluding carboxylic acids is 2. The Morgan fingerprint density at radius 1 is 0.407 bits per heavy atom. The number of unbranched alkanes of at least 4 members (excludes halogenated alkanes) is 1. The Bertz CT molecular complexity index is 1110. The Labute approximate surface area is 292 Å². The average Bonchev–Trinajstić information content (AvgIpc) is 2.85. The second kappa shape index (κ2) is 18.5. The highest BCUT2D eigenvalue weighted by Gasteiger charge is 2.60. The summed E-state index contributed by atoms with van der Waals surface area (Å²) in [5.74, 6) is -5.15. The van der Waals surface area contributed by atoms with Crippen molar-refractivity contribution >= 4 is 11.8 Å². The van der Waals surface area contributed by atoms with E-state index in [0.29, 0.717) is 25.9 Å². The lowest BCUT2D eigenvalue weighted by atomic mass is 10.2. The van der Waals surface area contributed by atoms with Crippen LogP contribution in [0.25, 0.3) is 0 Å². The monoisotopic (exact) mass is 848 g/mol. The first-order valence-corrected chi connectivity index (χ1v) is 14.5. The predicted octanol–water partition coefficient (Wildman–Crippen LogP) is 5.46. The van der Waals surface area contributed by atoms with E-state index in [1.54, 1.807) is 28.2 Å². The maximum Gasteiger partial charge on any atom is 0.529 e. The van der Waals surface area contributed by atoms with Gasteiger partial charge in [0.25, 0.3) is 0 Å². The van der Waals surface area contributed by atoms with Gasteiger partial charge in [0, 0.05) is 38.8 Å². The van der Waals surface area contributed by atoms with Gasteiger partial charge in [-0.2, -0.15) is 27.0 Å². The highest BCUT2D eigenvalue weighted by Crippen LogP contribution is 2.38. The molecule has 0 unspecified atom stereocenters. The third-order valence-corrected chi connectivity index (χ3v) is 6.20. The van der Waals surface area contributed by atoms with Crippen LogP contribution in [0, 0.1) is 0 Å². The second-order valence-electron chi connectivity index (χ2n) is 12.1. The summed E-state index contributed by atoms with van der Waals surface area (Å²) in [6, 6.07) is 0. The van der Waals surface area contributed by atoms with Crippen molar-refractivity contribution in [2.45, 2.75) is 75.8 Å². The minimum atomic E-state index is -6.23. The molecular weight excluding hydrogens is 814 g/mol. The van der Waals surface area contributed by atoms with Crippen LogP contribution < -0.4 is 10.6 Å². The molecule has 0 bridgehead atoms. The highest BCUT2D eigenvalue weighted by atomic mass is 19.4. The van der Waals surface area contributed by atoms with Crippen LogP contribution in [-0.4, -0.2) is 138 Å². The van der Waals surface area contributed by atoms with Crippen LogP contribution in [0.15, 0.2) is 0 Å². The molecule has 0 spiro atoms. The van der Waals surface area contributed by atoms with E-state index in [-0.39, 0.29) is 34.9 Å². The minimum Gasteiger partial charge on any atom is -0.348 e. The molecule has 54 heavy (non-hydrogen) atoms. The molecule has 0 aliphatic heterocycles. The number of hydrogen-bond donors (Lipinski definition) is 2. The second-order valence-corrected chi connectivity index (χ2v) is 12.1. The molecule has 0 aromatic carbocycles. The van der Waals surface area contributed by atoms with Gasteiger partial charge in [-0.3, -0.25) is 9.59 Å². The fraction of sp³-hybridized carbons (Fsp3) is 0.917. The van der Waals surface area contributed by atoms with Crippen molar-refractivity contribution < 1.29 is 126 Å². The number of nitrogens with zero attached hydrogens (tertiary/aromatic N) is 2. The Hall–Kier alpha value is -2.64. The van der Waals surface area contributed by atoms with Gasteiger partial charge >= 0.3 is 61.9 Å². The van der Waals surface area contributed by atoms with E-state index in [4.69, 9.17) is 0 Å². The summed E-state index contributed by atoms with van der Waals surface area (Å²) in [4.78, 5) is 23.1. The lowest BCUT2D eigenvalue weighted by Gasteiger charge is -2.32. The zero-order chi connectivity index (χ0) is 42.9. The van der Waals surface area contributed by atoms with Crippen LogP contribution in [0.1, 0.15) is 25.7 Å². The summed E-state index contributed by atoms with van der Waals surface area (Å²) in [7, 11) is 6.64. The summed E-state index contributed by atoms with van der Waals surface area (Å²) in [6.45, 7) is -0.0265. The van der Waals surface area contributed by atoms with Gasteiger partial charge in [0.05, 0.1) is 54.4 Å². The topological polar surface area (TPSA) is 114 Å². The van der Waals surface area contributed by atoms with Crippen LogP contribution in [0.2, 0.25) is 0 Å². The summed E-state index contributed by atoms with van der Waals surface area (Å²) in [6.07, 6.45) is -47.4. The van der Waals surface area contributed by atoms with Gasteiger partial charge in [0.1, 0.15) is 0 Å². The Kier molecular flexibility index (Phi) is 17.6. The summed E-state index contributed by atoms with van der Waals surface area (Å²) < 4.78 is 243. The van der Waals surface area contributed by atoms with Gasteiger partial charge in [0.2, 0.25) is 0 Å². The van der Waals surface area contributed by atoms with Crippen molar-refractivity contribution in [2.24, 2.45) is 0 Å². The van der Waals surface area contributed by atoms with Gasteiger partial charge in [-0.15, -0.1) is 61.5 Å². The van der Waals surface area contributed by atoms with Crippen molar-refractivity contribution in [1.82, 2.24) is 10.6 Å². The van der Waals surface area contributed by atoms with Gasteiger partial charge in [-0.1, -0.05) is 0 Å². The van der Waals surface area contributed by atoms with E-state index >= 15 is 0 Å². The zero-order valence-electron chi connectivity index (χ0n) is 28.0. The van der Waals surface area contributed by atoms with E-state index in [1.165, 1.54) is 10.6 Å². The third kappa shape index (κ3) is 23.3. The van der Waals surface area contributed by atoms with E-state index in [2.05, 4.69) is 18.9 Å². The van der Waals surface area contributed by atoms with Crippen LogP contribution in [0.3, 0.4) is 0 Å². The molecule has 0 aromatic heterocycles. The summed E-state index contributed by atoms with van der Waals surface area (Å²) in [5.41, 5.74) is 0. The van der Waals surface area contributed by atoms with Gasteiger partial charge < -0.3 is 19.6 Å². The average molecular weight is 849 g/mol. The first-order chi connectivity index (χ1) is 23.7. The lowest BCUT2D eigenvalue weighted by molar-refractivity contribution is -0.896. The maximum absolute atomic E-state index is 13.7. The standard InChI is InChI=1S/C24H32F18N4O8/c1-45(2,13-7-9-43-15(47)17(25,26)49-21(35,36)53-23(39,40)51-19(29,30)31)11-5-6-12-46(3,4)14-8-10-44-16(48)18(27,28)50-22(37,38)54-24(41,42)52-20(32,33)34/h5-14H2,1-4H3/p+2. The first kappa shape index (κ1) is 51.4. The van der Waals surface area contributed by atoms with Crippen LogP contribution >= 0.6 is 0 Å². The fourth-order valence-corrected chi connectivity index (χ4v) is 3.95. The maximum atomic E-state index is 13.7. The largest absolute Gasteiger partial charge is 0.529 e. The highest BCUT2D eigenvalue weighted by molar-refractivity contribution is 5.82. The normalized spacial score (nSPS) is 14.7. The molecule has 2 amide bonds. The number of rotatable bonds is 25. The van der Waals surface area contributed by atoms with Crippen molar-refractivity contribution in [3.8, 4) is 0 Å². The minimum absolute atomic E-state index is 0.0693. The Balaban J connectivity index is 4.61. The van der Waals surface area contributed by atoms with E-state index in [1.807, 2.05) is 9.47 Å². The third-order valence-electron chi connectivity index (χ3n) is 6.20. The Morgan fingerprint density at radius 2 is 0.648 bits per heavy atom. The number of nitrogens with one attached hydrogen (secondary N) is 2. The molecule has 0 rings (SSSR count). The number of quaternary nitrogens is 2. The van der Waals surface area contributed by atoms with Gasteiger partial charge in [0.15, 0.2) is 0 Å². The number of halogens is 18. The van der Waals surface area contributed by atoms with E-state index in [9.17, 15) is 88.6 Å². The van der Waals surface area contributed by atoms with Crippen molar-refractivity contribution in [3.05, 3.63) is 0 Å². The lowest BCUT2D eigenvalue weighted by Crippen LogP contribution is -2.50. The van der Waals surface area contributed by atoms with E-state index < -0.39 is 75.0 Å². The Morgan fingerprint density at radius 3 is 0.907 bits per heavy atom. The molecule has 0 fully saturated rings. The van der Waals surface area contributed by atoms with E-state index in [0.717, 1.165) is 0 Å². The quantitative estimate of drug-likeness (QED) is 0.0540. The van der Waals surface area contributed by atoms with Crippen LogP contribution in [0.5, 0.6) is 0 Å². The summed E-state index contributed by atoms with van der Waals surface area (Å²) in [5, 5.41) is 2.95. The van der Waals surface area contributed by atoms with Crippen molar-refractivity contribution in [1.29, 1.82) is 0 Å². The zero-order valence-corrected chi connectivity index (χ0v) is 28.0. The molecule has 30 heteroatoms. The predicted molar refractivity (Wildman–Crippen MR) is 136 cm³/mol. The van der Waals surface area contributed by atoms with Crippen LogP contribution in [-0.2, 0) is 38.0 Å². The molecule has 12 nitrogen and oxygen atoms in total. The molecule has 0 aromatic rings. The number of carbonyl (C=O) groups is 2. The molecule has 2 N–H and O–H groups in total. The number of alkyl halides is 18. The molecule has 0 aliphatic rings. The molecule has 0 atom stereocenters. The molecule has 0 radical (unpaired) electrons. The molecule has 0 heterocycles. The van der Waals surface area contributed by atoms with Crippen LogP contribution in [0.4, 0.5) is 79.0 Å². The first-order valence-electron chi connectivity index (χ1n) is 14.5.